The van der Waals surface area contributed by atoms with Gasteiger partial charge < -0.3 is 10.2 Å². The lowest BCUT2D eigenvalue weighted by molar-refractivity contribution is -0.137. The number of rotatable bonds is 4. The van der Waals surface area contributed by atoms with Gasteiger partial charge in [0.25, 0.3) is 0 Å². The number of hydrogen-bond acceptors (Lipinski definition) is 4. The molecule has 6 nitrogen and oxygen atoms in total. The molecule has 0 fully saturated rings. The Morgan fingerprint density at radius 1 is 1.62 bits per heavy atom. The van der Waals surface area contributed by atoms with Gasteiger partial charge in [0.2, 0.25) is 0 Å². The van der Waals surface area contributed by atoms with E-state index in [1.807, 2.05) is 0 Å². The van der Waals surface area contributed by atoms with Gasteiger partial charge in [-0.3, -0.25) is 4.79 Å². The molecular formula is C7H11N3O3. The number of aliphatic hydroxyl groups excluding tert-OH is 1. The second-order valence-corrected chi connectivity index (χ2v) is 2.65. The third-order valence-electron chi connectivity index (χ3n) is 1.77. The van der Waals surface area contributed by atoms with Gasteiger partial charge in [0.1, 0.15) is 5.69 Å². The van der Waals surface area contributed by atoms with Gasteiger partial charge in [-0.15, -0.1) is 5.10 Å². The summed E-state index contributed by atoms with van der Waals surface area (Å²) in [5.74, 6) is -0.875. The highest BCUT2D eigenvalue weighted by Gasteiger charge is 2.07. The highest BCUT2D eigenvalue weighted by atomic mass is 16.4. The van der Waals surface area contributed by atoms with E-state index in [0.29, 0.717) is 11.4 Å². The largest absolute Gasteiger partial charge is 0.481 e. The number of aliphatic hydroxyl groups is 1. The van der Waals surface area contributed by atoms with Crippen molar-refractivity contribution in [2.45, 2.75) is 26.5 Å². The summed E-state index contributed by atoms with van der Waals surface area (Å²) in [5, 5.41) is 24.6. The average molecular weight is 185 g/mol. The number of aryl methyl sites for hydroxylation is 1. The lowest BCUT2D eigenvalue weighted by atomic mass is 10.3. The van der Waals surface area contributed by atoms with Crippen molar-refractivity contribution in [3.63, 3.8) is 0 Å². The number of carbonyl (C=O) groups is 1. The summed E-state index contributed by atoms with van der Waals surface area (Å²) < 4.78 is 1.47. The molecule has 13 heavy (non-hydrogen) atoms. The molecule has 0 aliphatic rings. The normalized spacial score (nSPS) is 10.3. The Hall–Kier alpha value is -1.43. The lowest BCUT2D eigenvalue weighted by Crippen LogP contribution is -2.07. The number of aliphatic carboxylic acids is 1. The minimum Gasteiger partial charge on any atom is -0.481 e. The van der Waals surface area contributed by atoms with Crippen LogP contribution in [0.25, 0.3) is 0 Å². The predicted molar refractivity (Wildman–Crippen MR) is 42.9 cm³/mol. The zero-order valence-corrected chi connectivity index (χ0v) is 7.27. The molecule has 0 amide bonds. The molecule has 0 aliphatic heterocycles. The second kappa shape index (κ2) is 3.99. The summed E-state index contributed by atoms with van der Waals surface area (Å²) in [6, 6.07) is 0. The van der Waals surface area contributed by atoms with Crippen LogP contribution < -0.4 is 0 Å². The van der Waals surface area contributed by atoms with Crippen LogP contribution in [0, 0.1) is 6.92 Å². The first-order chi connectivity index (χ1) is 6.15. The minimum atomic E-state index is -0.875. The summed E-state index contributed by atoms with van der Waals surface area (Å²) in [7, 11) is 0. The van der Waals surface area contributed by atoms with Crippen molar-refractivity contribution in [2.24, 2.45) is 0 Å². The van der Waals surface area contributed by atoms with Gasteiger partial charge >= 0.3 is 5.97 Å². The Labute approximate surface area is 74.8 Å². The number of nitrogens with zero attached hydrogens (tertiary/aromatic N) is 3. The molecular weight excluding hydrogens is 174 g/mol. The molecule has 6 heteroatoms. The summed E-state index contributed by atoms with van der Waals surface area (Å²) in [6.07, 6.45) is 0.00900. The second-order valence-electron chi connectivity index (χ2n) is 2.65. The fraction of sp³-hybridized carbons (Fsp3) is 0.571. The van der Waals surface area contributed by atoms with Crippen LogP contribution in [0.15, 0.2) is 0 Å². The Kier molecular flexibility index (Phi) is 2.97. The first-order valence-electron chi connectivity index (χ1n) is 3.86. The highest BCUT2D eigenvalue weighted by Crippen LogP contribution is 2.03. The smallest absolute Gasteiger partial charge is 0.305 e. The first kappa shape index (κ1) is 9.66. The fourth-order valence-corrected chi connectivity index (χ4v) is 0.956. The van der Waals surface area contributed by atoms with Crippen molar-refractivity contribution in [2.75, 3.05) is 0 Å². The molecule has 0 aromatic carbocycles. The van der Waals surface area contributed by atoms with E-state index in [9.17, 15) is 4.79 Å². The standard InChI is InChI=1S/C7H11N3O3/c1-5-6(4-11)8-9-10(5)3-2-7(12)13/h11H,2-4H2,1H3,(H,12,13). The van der Waals surface area contributed by atoms with Crippen molar-refractivity contribution < 1.29 is 15.0 Å². The molecule has 0 spiro atoms. The summed E-state index contributed by atoms with van der Waals surface area (Å²) in [5.41, 5.74) is 1.20. The molecule has 1 aromatic heterocycles. The topological polar surface area (TPSA) is 88.2 Å². The maximum atomic E-state index is 10.2. The Morgan fingerprint density at radius 2 is 2.31 bits per heavy atom. The van der Waals surface area contributed by atoms with Crippen LogP contribution in [0.4, 0.5) is 0 Å². The average Bonchev–Trinajstić information content (AvgIpc) is 2.43. The number of aromatic nitrogens is 3. The Bertz CT molecular complexity index is 308. The van der Waals surface area contributed by atoms with Crippen molar-refractivity contribution >= 4 is 5.97 Å². The molecule has 1 heterocycles. The van der Waals surface area contributed by atoms with Gasteiger partial charge in [-0.25, -0.2) is 4.68 Å². The maximum absolute atomic E-state index is 10.2. The third kappa shape index (κ3) is 2.25. The molecule has 0 radical (unpaired) electrons. The molecule has 1 rings (SSSR count). The van der Waals surface area contributed by atoms with Crippen LogP contribution in [0.5, 0.6) is 0 Å². The van der Waals surface area contributed by atoms with Gasteiger partial charge in [-0.05, 0) is 6.92 Å². The quantitative estimate of drug-likeness (QED) is 0.663. The number of carboxylic acid groups (broad SMARTS) is 1. The zero-order valence-electron chi connectivity index (χ0n) is 7.27. The van der Waals surface area contributed by atoms with Crippen molar-refractivity contribution in [3.05, 3.63) is 11.4 Å². The highest BCUT2D eigenvalue weighted by molar-refractivity contribution is 5.66. The van der Waals surface area contributed by atoms with Gasteiger partial charge in [0.05, 0.1) is 25.3 Å². The van der Waals surface area contributed by atoms with E-state index in [0.717, 1.165) is 0 Å². The van der Waals surface area contributed by atoms with Gasteiger partial charge in [0.15, 0.2) is 0 Å². The fourth-order valence-electron chi connectivity index (χ4n) is 0.956. The van der Waals surface area contributed by atoms with Crippen molar-refractivity contribution in [1.82, 2.24) is 15.0 Å². The van der Waals surface area contributed by atoms with Crippen LogP contribution in [0.3, 0.4) is 0 Å². The number of hydrogen-bond donors (Lipinski definition) is 2. The molecule has 0 aliphatic carbocycles. The van der Waals surface area contributed by atoms with E-state index in [-0.39, 0.29) is 19.6 Å². The van der Waals surface area contributed by atoms with Crippen molar-refractivity contribution in [1.29, 1.82) is 0 Å². The summed E-state index contributed by atoms with van der Waals surface area (Å²) >= 11 is 0. The third-order valence-corrected chi connectivity index (χ3v) is 1.77. The van der Waals surface area contributed by atoms with Crippen LogP contribution in [0.2, 0.25) is 0 Å². The van der Waals surface area contributed by atoms with Gasteiger partial charge in [-0.2, -0.15) is 0 Å². The van der Waals surface area contributed by atoms with Crippen LogP contribution >= 0.6 is 0 Å². The predicted octanol–water partition coefficient (Wildman–Crippen LogP) is -0.446. The SMILES string of the molecule is Cc1c(CO)nnn1CCC(=O)O. The van der Waals surface area contributed by atoms with E-state index < -0.39 is 5.97 Å². The van der Waals surface area contributed by atoms with Gasteiger partial charge in [-0.1, -0.05) is 5.21 Å². The van der Waals surface area contributed by atoms with E-state index in [1.54, 1.807) is 6.92 Å². The van der Waals surface area contributed by atoms with Crippen LogP contribution in [0.1, 0.15) is 17.8 Å². The first-order valence-corrected chi connectivity index (χ1v) is 3.86. The van der Waals surface area contributed by atoms with E-state index >= 15 is 0 Å². The molecule has 2 N–H and O–H groups in total. The molecule has 72 valence electrons. The van der Waals surface area contributed by atoms with Crippen LogP contribution in [-0.4, -0.2) is 31.2 Å². The minimum absolute atomic E-state index is 0.00900. The molecule has 0 saturated carbocycles. The summed E-state index contributed by atoms with van der Waals surface area (Å²) in [6.45, 7) is 1.86. The maximum Gasteiger partial charge on any atom is 0.305 e. The Balaban J connectivity index is 2.67. The molecule has 0 atom stereocenters. The number of carboxylic acids is 1. The van der Waals surface area contributed by atoms with E-state index in [4.69, 9.17) is 10.2 Å². The summed E-state index contributed by atoms with van der Waals surface area (Å²) in [4.78, 5) is 10.2. The lowest BCUT2D eigenvalue weighted by Gasteiger charge is -1.99. The van der Waals surface area contributed by atoms with E-state index in [1.165, 1.54) is 4.68 Å². The van der Waals surface area contributed by atoms with Crippen LogP contribution in [-0.2, 0) is 17.9 Å². The molecule has 1 aromatic rings. The van der Waals surface area contributed by atoms with Gasteiger partial charge in [0, 0.05) is 0 Å². The van der Waals surface area contributed by atoms with Crippen molar-refractivity contribution in [3.8, 4) is 0 Å². The monoisotopic (exact) mass is 185 g/mol. The molecule has 0 bridgehead atoms. The molecule has 0 saturated heterocycles. The zero-order chi connectivity index (χ0) is 9.84. The van der Waals surface area contributed by atoms with E-state index in [2.05, 4.69) is 10.3 Å². The molecule has 0 unspecified atom stereocenters. The Morgan fingerprint density at radius 3 is 2.77 bits per heavy atom.